The van der Waals surface area contributed by atoms with Crippen LogP contribution in [0.3, 0.4) is 0 Å². The summed E-state index contributed by atoms with van der Waals surface area (Å²) >= 11 is 0. The molecule has 0 bridgehead atoms. The third-order valence-corrected chi connectivity index (χ3v) is 5.53. The van der Waals surface area contributed by atoms with Crippen LogP contribution in [-0.4, -0.2) is 25.0 Å². The van der Waals surface area contributed by atoms with Gasteiger partial charge in [-0.3, -0.25) is 9.59 Å². The summed E-state index contributed by atoms with van der Waals surface area (Å²) in [7, 11) is 1.61. The lowest BCUT2D eigenvalue weighted by Gasteiger charge is -2.21. The number of hydrogen-bond acceptors (Lipinski definition) is 3. The quantitative estimate of drug-likeness (QED) is 0.684. The molecular weight excluding hydrogens is 376 g/mol. The van der Waals surface area contributed by atoms with Crippen LogP contribution in [0.1, 0.15) is 55.0 Å². The lowest BCUT2D eigenvalue weighted by Crippen LogP contribution is -2.45. The van der Waals surface area contributed by atoms with Crippen molar-refractivity contribution in [3.8, 4) is 5.75 Å². The minimum Gasteiger partial charge on any atom is -0.497 e. The predicted octanol–water partition coefficient (Wildman–Crippen LogP) is 3.97. The summed E-state index contributed by atoms with van der Waals surface area (Å²) in [6, 6.07) is 13.1. The van der Waals surface area contributed by atoms with Crippen molar-refractivity contribution in [3.05, 3.63) is 70.8 Å². The Balaban J connectivity index is 1.52. The van der Waals surface area contributed by atoms with Crippen LogP contribution in [0.2, 0.25) is 0 Å². The van der Waals surface area contributed by atoms with Gasteiger partial charge in [0, 0.05) is 6.08 Å². The highest BCUT2D eigenvalue weighted by atomic mass is 16.5. The molecule has 30 heavy (non-hydrogen) atoms. The molecule has 0 saturated carbocycles. The summed E-state index contributed by atoms with van der Waals surface area (Å²) in [5.74, 6) is 0.247. The average molecular weight is 407 g/mol. The number of carbonyl (C=O) groups excluding carboxylic acids is 2. The van der Waals surface area contributed by atoms with Gasteiger partial charge >= 0.3 is 0 Å². The SMILES string of the molecule is COc1ccc(/C=C/C(=O)N[C@@H](C)C(=O)NC(C)c2ccc3c(c2)CCCC3)cc1. The number of benzene rings is 2. The van der Waals surface area contributed by atoms with Gasteiger partial charge in [-0.2, -0.15) is 0 Å². The first-order valence-electron chi connectivity index (χ1n) is 10.5. The Morgan fingerprint density at radius 2 is 1.67 bits per heavy atom. The first-order valence-corrected chi connectivity index (χ1v) is 10.5. The minimum atomic E-state index is -0.627. The zero-order valence-corrected chi connectivity index (χ0v) is 17.9. The second kappa shape index (κ2) is 10.1. The van der Waals surface area contributed by atoms with Crippen LogP contribution in [0.25, 0.3) is 6.08 Å². The second-order valence-electron chi connectivity index (χ2n) is 7.80. The van der Waals surface area contributed by atoms with Crippen molar-refractivity contribution >= 4 is 17.9 Å². The number of ether oxygens (including phenoxy) is 1. The number of rotatable bonds is 7. The van der Waals surface area contributed by atoms with Gasteiger partial charge in [0.25, 0.3) is 0 Å². The molecule has 2 atom stereocenters. The molecule has 2 amide bonds. The monoisotopic (exact) mass is 406 g/mol. The number of hydrogen-bond donors (Lipinski definition) is 2. The van der Waals surface area contributed by atoms with E-state index in [1.165, 1.54) is 30.0 Å². The molecule has 0 heterocycles. The van der Waals surface area contributed by atoms with Crippen LogP contribution in [0.4, 0.5) is 0 Å². The predicted molar refractivity (Wildman–Crippen MR) is 119 cm³/mol. The zero-order valence-electron chi connectivity index (χ0n) is 17.9. The van der Waals surface area contributed by atoms with E-state index in [9.17, 15) is 9.59 Å². The Hall–Kier alpha value is -3.08. The molecule has 1 aliphatic rings. The fraction of sp³-hybridized carbons (Fsp3) is 0.360. The lowest BCUT2D eigenvalue weighted by molar-refractivity contribution is -0.127. The summed E-state index contributed by atoms with van der Waals surface area (Å²) < 4.78 is 5.12. The van der Waals surface area contributed by atoms with E-state index in [0.717, 1.165) is 29.7 Å². The molecular formula is C25H30N2O3. The van der Waals surface area contributed by atoms with Gasteiger partial charge in [-0.25, -0.2) is 0 Å². The Labute approximate surface area is 178 Å². The first kappa shape index (κ1) is 21.6. The van der Waals surface area contributed by atoms with Crippen molar-refractivity contribution in [1.29, 1.82) is 0 Å². The highest BCUT2D eigenvalue weighted by Gasteiger charge is 2.18. The van der Waals surface area contributed by atoms with Crippen molar-refractivity contribution in [2.75, 3.05) is 7.11 Å². The van der Waals surface area contributed by atoms with Gasteiger partial charge in [0.2, 0.25) is 11.8 Å². The fourth-order valence-electron chi connectivity index (χ4n) is 3.66. The normalized spacial score (nSPS) is 15.2. The lowest BCUT2D eigenvalue weighted by atomic mass is 9.89. The maximum Gasteiger partial charge on any atom is 0.244 e. The third-order valence-electron chi connectivity index (χ3n) is 5.53. The maximum atomic E-state index is 12.5. The molecule has 2 aromatic carbocycles. The third kappa shape index (κ3) is 5.72. The largest absolute Gasteiger partial charge is 0.497 e. The molecule has 0 aliphatic heterocycles. The Bertz CT molecular complexity index is 918. The molecule has 0 radical (unpaired) electrons. The van der Waals surface area contributed by atoms with E-state index < -0.39 is 6.04 Å². The Morgan fingerprint density at radius 1 is 0.967 bits per heavy atom. The van der Waals surface area contributed by atoms with Crippen LogP contribution in [0, 0.1) is 0 Å². The summed E-state index contributed by atoms with van der Waals surface area (Å²) in [6.45, 7) is 3.66. The van der Waals surface area contributed by atoms with Gasteiger partial charge in [-0.1, -0.05) is 30.3 Å². The molecule has 2 aromatic rings. The van der Waals surface area contributed by atoms with Crippen LogP contribution in [0.15, 0.2) is 48.5 Å². The molecule has 5 nitrogen and oxygen atoms in total. The van der Waals surface area contributed by atoms with Gasteiger partial charge in [0.15, 0.2) is 0 Å². The number of methoxy groups -OCH3 is 1. The van der Waals surface area contributed by atoms with E-state index in [2.05, 4.69) is 28.8 Å². The van der Waals surface area contributed by atoms with E-state index in [1.54, 1.807) is 20.1 Å². The van der Waals surface area contributed by atoms with Gasteiger partial charge in [-0.15, -0.1) is 0 Å². The maximum absolute atomic E-state index is 12.5. The van der Waals surface area contributed by atoms with Crippen LogP contribution in [0.5, 0.6) is 5.75 Å². The number of nitrogens with one attached hydrogen (secondary N) is 2. The average Bonchev–Trinajstić information content (AvgIpc) is 2.77. The molecule has 3 rings (SSSR count). The smallest absolute Gasteiger partial charge is 0.244 e. The van der Waals surface area contributed by atoms with Crippen molar-refractivity contribution < 1.29 is 14.3 Å². The van der Waals surface area contributed by atoms with E-state index >= 15 is 0 Å². The first-order chi connectivity index (χ1) is 14.5. The number of fused-ring (bicyclic) bond motifs is 1. The minimum absolute atomic E-state index is 0.112. The number of amides is 2. The molecule has 1 aliphatic carbocycles. The van der Waals surface area contributed by atoms with E-state index in [1.807, 2.05) is 31.2 Å². The number of aryl methyl sites for hydroxylation is 2. The topological polar surface area (TPSA) is 67.4 Å². The zero-order chi connectivity index (χ0) is 21.5. The van der Waals surface area contributed by atoms with Crippen molar-refractivity contribution in [2.24, 2.45) is 0 Å². The molecule has 0 spiro atoms. The van der Waals surface area contributed by atoms with Crippen molar-refractivity contribution in [2.45, 2.75) is 51.6 Å². The van der Waals surface area contributed by atoms with Crippen LogP contribution < -0.4 is 15.4 Å². The van der Waals surface area contributed by atoms with Crippen LogP contribution >= 0.6 is 0 Å². The second-order valence-corrected chi connectivity index (χ2v) is 7.80. The van der Waals surface area contributed by atoms with Gasteiger partial charge in [0.1, 0.15) is 11.8 Å². The molecule has 158 valence electrons. The van der Waals surface area contributed by atoms with Gasteiger partial charge in [-0.05, 0) is 80.0 Å². The molecule has 0 fully saturated rings. The Morgan fingerprint density at radius 3 is 2.37 bits per heavy atom. The van der Waals surface area contributed by atoms with E-state index in [0.29, 0.717) is 0 Å². The molecule has 0 saturated heterocycles. The highest BCUT2D eigenvalue weighted by Crippen LogP contribution is 2.24. The van der Waals surface area contributed by atoms with Crippen molar-refractivity contribution in [1.82, 2.24) is 10.6 Å². The van der Waals surface area contributed by atoms with Crippen LogP contribution in [-0.2, 0) is 22.4 Å². The standard InChI is InChI=1S/C25H30N2O3/c1-17(21-12-11-20-6-4-5-7-22(20)16-21)27-25(29)18(2)26-24(28)15-10-19-8-13-23(30-3)14-9-19/h8-18H,4-7H2,1-3H3,(H,26,28)(H,27,29)/b15-10+/t17?,18-/m0/s1. The summed E-state index contributed by atoms with van der Waals surface area (Å²) in [6.07, 6.45) is 7.86. The molecule has 1 unspecified atom stereocenters. The molecule has 5 heteroatoms. The highest BCUT2D eigenvalue weighted by molar-refractivity contribution is 5.95. The van der Waals surface area contributed by atoms with Gasteiger partial charge < -0.3 is 15.4 Å². The van der Waals surface area contributed by atoms with E-state index in [-0.39, 0.29) is 17.9 Å². The fourth-order valence-corrected chi connectivity index (χ4v) is 3.66. The Kier molecular flexibility index (Phi) is 7.28. The van der Waals surface area contributed by atoms with Gasteiger partial charge in [0.05, 0.1) is 13.2 Å². The molecule has 2 N–H and O–H groups in total. The van der Waals surface area contributed by atoms with E-state index in [4.69, 9.17) is 4.74 Å². The molecule has 0 aromatic heterocycles. The summed E-state index contributed by atoms with van der Waals surface area (Å²) in [5, 5.41) is 5.72. The summed E-state index contributed by atoms with van der Waals surface area (Å²) in [5.41, 5.74) is 4.80. The number of carbonyl (C=O) groups is 2. The summed E-state index contributed by atoms with van der Waals surface area (Å²) in [4.78, 5) is 24.7. The van der Waals surface area contributed by atoms with Crippen molar-refractivity contribution in [3.63, 3.8) is 0 Å².